The van der Waals surface area contributed by atoms with Gasteiger partial charge < -0.3 is 15.5 Å². The van der Waals surface area contributed by atoms with E-state index in [0.717, 1.165) is 11.4 Å². The van der Waals surface area contributed by atoms with E-state index in [2.05, 4.69) is 10.6 Å². The highest BCUT2D eigenvalue weighted by Gasteiger charge is 2.28. The third-order valence-electron chi connectivity index (χ3n) is 2.85. The molecule has 2 amide bonds. The minimum Gasteiger partial charge on any atom is -0.381 e. The quantitative estimate of drug-likeness (QED) is 0.779. The van der Waals surface area contributed by atoms with Gasteiger partial charge in [0.25, 0.3) is 5.91 Å². The van der Waals surface area contributed by atoms with Crippen LogP contribution < -0.4 is 15.5 Å². The maximum Gasteiger partial charge on any atom is 0.251 e. The second-order valence-corrected chi connectivity index (χ2v) is 4.32. The zero-order valence-corrected chi connectivity index (χ0v) is 10.7. The Morgan fingerprint density at radius 1 is 1.56 bits per heavy atom. The normalized spacial score (nSPS) is 18.7. The van der Waals surface area contributed by atoms with Gasteiger partial charge in [-0.25, -0.2) is 0 Å². The van der Waals surface area contributed by atoms with Crippen LogP contribution in [0.25, 0.3) is 0 Å². The lowest BCUT2D eigenvalue weighted by Gasteiger charge is -2.20. The highest BCUT2D eigenvalue weighted by atomic mass is 35.5. The van der Waals surface area contributed by atoms with Gasteiger partial charge >= 0.3 is 0 Å². The number of para-hydroxylation sites is 2. The zero-order valence-electron chi connectivity index (χ0n) is 9.94. The Morgan fingerprint density at radius 2 is 2.28 bits per heavy atom. The molecule has 0 saturated carbocycles. The standard InChI is InChI=1S/C12H14ClN3O2/c1-16-10-5-3-2-4-8(10)14-7-9(12(16)18)15-11(17)6-13/h2-5,9,14H,6-7H2,1H3,(H,15,17)/t9-/m0/s1. The Balaban J connectivity index is 2.23. The maximum absolute atomic E-state index is 12.2. The first-order valence-corrected chi connectivity index (χ1v) is 6.12. The molecule has 0 radical (unpaired) electrons. The first kappa shape index (κ1) is 12.7. The lowest BCUT2D eigenvalue weighted by Crippen LogP contribution is -2.49. The number of nitrogens with one attached hydrogen (secondary N) is 2. The SMILES string of the molecule is CN1C(=O)[C@@H](NC(=O)CCl)CNc2ccccc21. The third kappa shape index (κ3) is 2.41. The number of carbonyl (C=O) groups is 2. The molecule has 2 rings (SSSR count). The summed E-state index contributed by atoms with van der Waals surface area (Å²) < 4.78 is 0. The highest BCUT2D eigenvalue weighted by Crippen LogP contribution is 2.27. The van der Waals surface area contributed by atoms with Crippen molar-refractivity contribution in [3.63, 3.8) is 0 Å². The zero-order chi connectivity index (χ0) is 13.1. The Kier molecular flexibility index (Phi) is 3.72. The molecule has 0 aliphatic carbocycles. The molecule has 0 unspecified atom stereocenters. The van der Waals surface area contributed by atoms with Gasteiger partial charge in [-0.2, -0.15) is 0 Å². The number of benzene rings is 1. The molecule has 1 heterocycles. The van der Waals surface area contributed by atoms with Crippen LogP contribution in [0, 0.1) is 0 Å². The van der Waals surface area contributed by atoms with Crippen LogP contribution in [0.3, 0.4) is 0 Å². The fraction of sp³-hybridized carbons (Fsp3) is 0.333. The average Bonchev–Trinajstić information content (AvgIpc) is 2.51. The summed E-state index contributed by atoms with van der Waals surface area (Å²) in [5, 5.41) is 5.74. The van der Waals surface area contributed by atoms with Crippen LogP contribution in [0.4, 0.5) is 11.4 Å². The predicted octanol–water partition coefficient (Wildman–Crippen LogP) is 0.798. The average molecular weight is 268 g/mol. The minimum absolute atomic E-state index is 0.152. The number of nitrogens with zero attached hydrogens (tertiary/aromatic N) is 1. The number of alkyl halides is 1. The fourth-order valence-corrected chi connectivity index (χ4v) is 1.99. The second-order valence-electron chi connectivity index (χ2n) is 4.05. The van der Waals surface area contributed by atoms with E-state index >= 15 is 0 Å². The van der Waals surface area contributed by atoms with E-state index in [4.69, 9.17) is 11.6 Å². The van der Waals surface area contributed by atoms with Crippen molar-refractivity contribution in [2.45, 2.75) is 6.04 Å². The largest absolute Gasteiger partial charge is 0.381 e. The maximum atomic E-state index is 12.2. The topological polar surface area (TPSA) is 61.4 Å². The van der Waals surface area contributed by atoms with E-state index < -0.39 is 6.04 Å². The molecule has 96 valence electrons. The van der Waals surface area contributed by atoms with Crippen molar-refractivity contribution in [1.29, 1.82) is 0 Å². The van der Waals surface area contributed by atoms with E-state index in [9.17, 15) is 9.59 Å². The number of rotatable bonds is 2. The summed E-state index contributed by atoms with van der Waals surface area (Å²) in [5.74, 6) is -0.664. The molecule has 2 N–H and O–H groups in total. The van der Waals surface area contributed by atoms with Crippen LogP contribution in [0.2, 0.25) is 0 Å². The van der Waals surface area contributed by atoms with Gasteiger partial charge in [-0.05, 0) is 12.1 Å². The molecule has 0 aromatic heterocycles. The predicted molar refractivity (Wildman–Crippen MR) is 71.0 cm³/mol. The van der Waals surface area contributed by atoms with Crippen molar-refractivity contribution in [3.8, 4) is 0 Å². The van der Waals surface area contributed by atoms with Gasteiger partial charge in [-0.15, -0.1) is 11.6 Å². The van der Waals surface area contributed by atoms with Gasteiger partial charge in [-0.3, -0.25) is 9.59 Å². The molecule has 1 aromatic rings. The summed E-state index contributed by atoms with van der Waals surface area (Å²) in [7, 11) is 1.69. The smallest absolute Gasteiger partial charge is 0.251 e. The number of carbonyl (C=O) groups excluding carboxylic acids is 2. The molecule has 0 fully saturated rings. The first-order valence-electron chi connectivity index (χ1n) is 5.59. The Morgan fingerprint density at radius 3 is 3.00 bits per heavy atom. The Bertz CT molecular complexity index is 478. The van der Waals surface area contributed by atoms with Crippen LogP contribution in [-0.2, 0) is 9.59 Å². The molecular weight excluding hydrogens is 254 g/mol. The molecular formula is C12H14ClN3O2. The van der Waals surface area contributed by atoms with E-state index in [0.29, 0.717) is 6.54 Å². The van der Waals surface area contributed by atoms with Gasteiger partial charge in [0.15, 0.2) is 0 Å². The molecule has 1 aliphatic rings. The number of halogens is 1. The van der Waals surface area contributed by atoms with Crippen LogP contribution in [0.15, 0.2) is 24.3 Å². The molecule has 0 bridgehead atoms. The number of hydrogen-bond donors (Lipinski definition) is 2. The van der Waals surface area contributed by atoms with Crippen molar-refractivity contribution in [2.75, 3.05) is 29.7 Å². The first-order chi connectivity index (χ1) is 8.63. The lowest BCUT2D eigenvalue weighted by molar-refractivity contribution is -0.125. The summed E-state index contributed by atoms with van der Waals surface area (Å²) >= 11 is 5.43. The van der Waals surface area contributed by atoms with Gasteiger partial charge in [-0.1, -0.05) is 12.1 Å². The van der Waals surface area contributed by atoms with Gasteiger partial charge in [0.1, 0.15) is 11.9 Å². The van der Waals surface area contributed by atoms with Gasteiger partial charge in [0, 0.05) is 13.6 Å². The third-order valence-corrected chi connectivity index (χ3v) is 3.09. The molecule has 0 spiro atoms. The summed E-state index contributed by atoms with van der Waals surface area (Å²) in [6.45, 7) is 0.350. The number of fused-ring (bicyclic) bond motifs is 1. The highest BCUT2D eigenvalue weighted by molar-refractivity contribution is 6.27. The van der Waals surface area contributed by atoms with Crippen LogP contribution in [0.1, 0.15) is 0 Å². The van der Waals surface area contributed by atoms with Gasteiger partial charge in [0.2, 0.25) is 5.91 Å². The summed E-state index contributed by atoms with van der Waals surface area (Å²) in [6.07, 6.45) is 0. The molecule has 1 atom stereocenters. The van der Waals surface area contributed by atoms with Crippen molar-refractivity contribution in [2.24, 2.45) is 0 Å². The van der Waals surface area contributed by atoms with Crippen molar-refractivity contribution in [1.82, 2.24) is 5.32 Å². The monoisotopic (exact) mass is 267 g/mol. The number of likely N-dealkylation sites (N-methyl/N-ethyl adjacent to an activating group) is 1. The van der Waals surface area contributed by atoms with E-state index in [1.165, 1.54) is 4.90 Å². The molecule has 1 aliphatic heterocycles. The van der Waals surface area contributed by atoms with Crippen LogP contribution >= 0.6 is 11.6 Å². The van der Waals surface area contributed by atoms with Crippen LogP contribution in [0.5, 0.6) is 0 Å². The fourth-order valence-electron chi connectivity index (χ4n) is 1.91. The van der Waals surface area contributed by atoms with E-state index in [1.807, 2.05) is 24.3 Å². The molecule has 1 aromatic carbocycles. The Hall–Kier alpha value is -1.75. The summed E-state index contributed by atoms with van der Waals surface area (Å²) in [5.41, 5.74) is 1.67. The summed E-state index contributed by atoms with van der Waals surface area (Å²) in [6, 6.07) is 6.90. The number of hydrogen-bond acceptors (Lipinski definition) is 3. The van der Waals surface area contributed by atoms with Crippen molar-refractivity contribution in [3.05, 3.63) is 24.3 Å². The van der Waals surface area contributed by atoms with Crippen molar-refractivity contribution < 1.29 is 9.59 Å². The minimum atomic E-state index is -0.603. The van der Waals surface area contributed by atoms with E-state index in [1.54, 1.807) is 7.05 Å². The molecule has 0 saturated heterocycles. The number of anilines is 2. The van der Waals surface area contributed by atoms with Crippen LogP contribution in [-0.4, -0.2) is 37.3 Å². The molecule has 18 heavy (non-hydrogen) atoms. The molecule has 6 heteroatoms. The van der Waals surface area contributed by atoms with E-state index in [-0.39, 0.29) is 17.7 Å². The lowest BCUT2D eigenvalue weighted by atomic mass is 10.2. The Labute approximate surface area is 110 Å². The van der Waals surface area contributed by atoms with Crippen molar-refractivity contribution >= 4 is 34.8 Å². The van der Waals surface area contributed by atoms with Gasteiger partial charge in [0.05, 0.1) is 11.4 Å². The second kappa shape index (κ2) is 5.27. The summed E-state index contributed by atoms with van der Waals surface area (Å²) in [4.78, 5) is 25.0. The molecule has 5 nitrogen and oxygen atoms in total. The number of amides is 2.